The van der Waals surface area contributed by atoms with Gasteiger partial charge in [0, 0.05) is 6.04 Å². The second-order valence-electron chi connectivity index (χ2n) is 7.96. The molecule has 1 heterocycles. The zero-order valence-corrected chi connectivity index (χ0v) is 18.9. The van der Waals surface area contributed by atoms with Crippen molar-refractivity contribution in [1.29, 1.82) is 0 Å². The van der Waals surface area contributed by atoms with Crippen molar-refractivity contribution in [3.8, 4) is 5.75 Å². The van der Waals surface area contributed by atoms with E-state index in [0.717, 1.165) is 29.7 Å². The first-order valence-electron chi connectivity index (χ1n) is 10.1. The molecule has 0 bridgehead atoms. The number of amides is 1. The van der Waals surface area contributed by atoms with Gasteiger partial charge in [-0.1, -0.05) is 44.5 Å². The molecule has 7 nitrogen and oxygen atoms in total. The van der Waals surface area contributed by atoms with Gasteiger partial charge in [-0.25, -0.2) is 4.68 Å². The number of carbonyl (C=O) groups is 1. The Kier molecular flexibility index (Phi) is 8.82. The van der Waals surface area contributed by atoms with Gasteiger partial charge in [0.05, 0.1) is 5.75 Å². The van der Waals surface area contributed by atoms with Gasteiger partial charge in [0.25, 0.3) is 0 Å². The molecule has 0 saturated carbocycles. The Balaban J connectivity index is 1.79. The average Bonchev–Trinajstić information content (AvgIpc) is 2.97. The lowest BCUT2D eigenvalue weighted by Crippen LogP contribution is -2.34. The molecule has 0 radical (unpaired) electrons. The zero-order valence-electron chi connectivity index (χ0n) is 18.1. The van der Waals surface area contributed by atoms with E-state index in [2.05, 4.69) is 35.4 Å². The third kappa shape index (κ3) is 7.97. The van der Waals surface area contributed by atoms with Crippen LogP contribution in [0.2, 0.25) is 0 Å². The molecule has 0 fully saturated rings. The maximum atomic E-state index is 12.2. The van der Waals surface area contributed by atoms with Crippen LogP contribution in [0.4, 0.5) is 0 Å². The lowest BCUT2D eigenvalue weighted by Gasteiger charge is -2.14. The van der Waals surface area contributed by atoms with Crippen molar-refractivity contribution in [2.75, 3.05) is 11.6 Å². The first-order chi connectivity index (χ1) is 13.7. The van der Waals surface area contributed by atoms with Crippen molar-refractivity contribution < 1.29 is 9.53 Å². The number of hydrogen-bond donors (Lipinski definition) is 2. The minimum Gasteiger partial charge on any atom is -0.486 e. The summed E-state index contributed by atoms with van der Waals surface area (Å²) in [7, 11) is 0. The van der Waals surface area contributed by atoms with E-state index in [1.807, 2.05) is 32.9 Å². The Morgan fingerprint density at radius 2 is 1.86 bits per heavy atom. The summed E-state index contributed by atoms with van der Waals surface area (Å²) in [4.78, 5) is 12.2. The molecule has 160 valence electrons. The van der Waals surface area contributed by atoms with Crippen LogP contribution in [-0.2, 0) is 11.4 Å². The molecular formula is C21H33N5O2S. The third-order valence-electron chi connectivity index (χ3n) is 4.46. The van der Waals surface area contributed by atoms with Crippen LogP contribution in [0.15, 0.2) is 23.4 Å². The molecule has 29 heavy (non-hydrogen) atoms. The summed E-state index contributed by atoms with van der Waals surface area (Å²) in [5.41, 5.74) is 2.27. The molecule has 0 spiro atoms. The molecule has 0 saturated heterocycles. The van der Waals surface area contributed by atoms with Gasteiger partial charge in [0.1, 0.15) is 12.4 Å². The Bertz CT molecular complexity index is 786. The molecule has 1 aromatic heterocycles. The second kappa shape index (κ2) is 11.1. The van der Waals surface area contributed by atoms with E-state index < -0.39 is 0 Å². The number of aromatic nitrogens is 3. The second-order valence-corrected chi connectivity index (χ2v) is 8.91. The first-order valence-corrected chi connectivity index (χ1v) is 11.1. The molecule has 1 aromatic carbocycles. The molecule has 1 amide bonds. The lowest BCUT2D eigenvalue weighted by molar-refractivity contribution is -0.119. The van der Waals surface area contributed by atoms with Gasteiger partial charge >= 0.3 is 0 Å². The molecule has 1 atom stereocenters. The summed E-state index contributed by atoms with van der Waals surface area (Å²) in [6.45, 7) is 10.7. The van der Waals surface area contributed by atoms with E-state index in [9.17, 15) is 4.79 Å². The molecule has 0 aliphatic carbocycles. The van der Waals surface area contributed by atoms with Gasteiger partial charge < -0.3 is 15.9 Å². The number of nitrogens with zero attached hydrogens (tertiary/aromatic N) is 3. The highest BCUT2D eigenvalue weighted by molar-refractivity contribution is 7.99. The van der Waals surface area contributed by atoms with E-state index in [1.165, 1.54) is 22.9 Å². The monoisotopic (exact) mass is 419 g/mol. The van der Waals surface area contributed by atoms with Crippen LogP contribution in [0.25, 0.3) is 0 Å². The molecule has 0 aliphatic heterocycles. The average molecular weight is 420 g/mol. The van der Waals surface area contributed by atoms with Gasteiger partial charge in [0.15, 0.2) is 5.82 Å². The number of nitrogen functional groups attached to an aromatic ring is 1. The number of thioether (sulfide) groups is 1. The Hall–Kier alpha value is -2.22. The first kappa shape index (κ1) is 23.1. The fourth-order valence-electron chi connectivity index (χ4n) is 3.02. The summed E-state index contributed by atoms with van der Waals surface area (Å²) in [5, 5.41) is 11.7. The van der Waals surface area contributed by atoms with E-state index in [-0.39, 0.29) is 24.3 Å². The minimum absolute atomic E-state index is 0.0249. The van der Waals surface area contributed by atoms with Crippen molar-refractivity contribution >= 4 is 17.7 Å². The van der Waals surface area contributed by atoms with Gasteiger partial charge in [-0.05, 0) is 56.4 Å². The van der Waals surface area contributed by atoms with Crippen LogP contribution in [0.3, 0.4) is 0 Å². The summed E-state index contributed by atoms with van der Waals surface area (Å²) in [6, 6.07) is 6.18. The molecule has 3 N–H and O–H groups in total. The summed E-state index contributed by atoms with van der Waals surface area (Å²) < 4.78 is 7.17. The van der Waals surface area contributed by atoms with Crippen molar-refractivity contribution in [3.63, 3.8) is 0 Å². The minimum atomic E-state index is -0.0249. The summed E-state index contributed by atoms with van der Waals surface area (Å²) in [6.07, 6.45) is 3.28. The SMILES string of the molecule is Cc1cc(C)cc(OCc2nnc(SCC(=O)NC(C)CCCC(C)C)n2N)c1. The fraction of sp³-hybridized carbons (Fsp3) is 0.571. The number of nitrogens with one attached hydrogen (secondary N) is 1. The summed E-state index contributed by atoms with van der Waals surface area (Å²) >= 11 is 1.27. The number of carbonyl (C=O) groups excluding carboxylic acids is 1. The van der Waals surface area contributed by atoms with E-state index in [0.29, 0.717) is 16.9 Å². The van der Waals surface area contributed by atoms with Crippen molar-refractivity contribution in [2.45, 2.75) is 71.7 Å². The number of rotatable bonds is 11. The smallest absolute Gasteiger partial charge is 0.230 e. The van der Waals surface area contributed by atoms with Crippen molar-refractivity contribution in [3.05, 3.63) is 35.2 Å². The molecular weight excluding hydrogens is 386 g/mol. The van der Waals surface area contributed by atoms with Crippen molar-refractivity contribution in [2.24, 2.45) is 5.92 Å². The van der Waals surface area contributed by atoms with Crippen LogP contribution < -0.4 is 15.9 Å². The van der Waals surface area contributed by atoms with Gasteiger partial charge in [-0.2, -0.15) is 0 Å². The molecule has 2 rings (SSSR count). The predicted octanol–water partition coefficient (Wildman–Crippen LogP) is 3.61. The largest absolute Gasteiger partial charge is 0.486 e. The highest BCUT2D eigenvalue weighted by Gasteiger charge is 2.14. The van der Waals surface area contributed by atoms with Gasteiger partial charge in [0.2, 0.25) is 11.1 Å². The number of aryl methyl sites for hydroxylation is 2. The standard InChI is InChI=1S/C21H33N5O2S/c1-14(2)7-6-8-17(5)23-20(27)13-29-21-25-24-19(26(21)22)12-28-18-10-15(3)9-16(4)11-18/h9-11,14,17H,6-8,12-13,22H2,1-5H3,(H,23,27). The zero-order chi connectivity index (χ0) is 21.4. The number of benzene rings is 1. The summed E-state index contributed by atoms with van der Waals surface area (Å²) in [5.74, 6) is 8.26. The number of nitrogens with two attached hydrogens (primary N) is 1. The van der Waals surface area contributed by atoms with Crippen LogP contribution in [-0.4, -0.2) is 32.6 Å². The number of ether oxygens (including phenoxy) is 1. The van der Waals surface area contributed by atoms with Gasteiger partial charge in [-0.3, -0.25) is 4.79 Å². The molecule has 8 heteroatoms. The van der Waals surface area contributed by atoms with Crippen LogP contribution in [0.5, 0.6) is 5.75 Å². The lowest BCUT2D eigenvalue weighted by atomic mass is 10.0. The molecule has 1 unspecified atom stereocenters. The normalized spacial score (nSPS) is 12.2. The fourth-order valence-corrected chi connectivity index (χ4v) is 3.71. The quantitative estimate of drug-likeness (QED) is 0.427. The number of hydrogen-bond acceptors (Lipinski definition) is 6. The predicted molar refractivity (Wildman–Crippen MR) is 117 cm³/mol. The maximum Gasteiger partial charge on any atom is 0.230 e. The maximum absolute atomic E-state index is 12.2. The van der Waals surface area contributed by atoms with Crippen LogP contribution >= 0.6 is 11.8 Å². The highest BCUT2D eigenvalue weighted by Crippen LogP contribution is 2.19. The van der Waals surface area contributed by atoms with E-state index in [4.69, 9.17) is 10.6 Å². The van der Waals surface area contributed by atoms with Gasteiger partial charge in [-0.15, -0.1) is 10.2 Å². The Labute approximate surface area is 177 Å². The van der Waals surface area contributed by atoms with Crippen LogP contribution in [0, 0.1) is 19.8 Å². The highest BCUT2D eigenvalue weighted by atomic mass is 32.2. The Morgan fingerprint density at radius 3 is 2.52 bits per heavy atom. The molecule has 0 aliphatic rings. The van der Waals surface area contributed by atoms with E-state index >= 15 is 0 Å². The van der Waals surface area contributed by atoms with Crippen LogP contribution in [0.1, 0.15) is 57.0 Å². The van der Waals surface area contributed by atoms with E-state index in [1.54, 1.807) is 0 Å². The topological polar surface area (TPSA) is 95.1 Å². The van der Waals surface area contributed by atoms with Crippen molar-refractivity contribution in [1.82, 2.24) is 20.2 Å². The third-order valence-corrected chi connectivity index (χ3v) is 5.40. The molecule has 2 aromatic rings. The Morgan fingerprint density at radius 1 is 1.17 bits per heavy atom.